The van der Waals surface area contributed by atoms with E-state index in [1.807, 2.05) is 35.9 Å². The topological polar surface area (TPSA) is 84.7 Å². The summed E-state index contributed by atoms with van der Waals surface area (Å²) < 4.78 is 23.2. The van der Waals surface area contributed by atoms with E-state index in [-0.39, 0.29) is 18.1 Å². The third kappa shape index (κ3) is 5.04. The van der Waals surface area contributed by atoms with E-state index in [0.29, 0.717) is 33.8 Å². The quantitative estimate of drug-likeness (QED) is 0.358. The fraction of sp³-hybridized carbons (Fsp3) is 0.286. The first-order valence-electron chi connectivity index (χ1n) is 9.08. The summed E-state index contributed by atoms with van der Waals surface area (Å²) >= 11 is 1.32. The predicted molar refractivity (Wildman–Crippen MR) is 113 cm³/mol. The monoisotopic (exact) mass is 429 g/mol. The zero-order valence-electron chi connectivity index (χ0n) is 17.2. The number of ether oxygens (including phenoxy) is 4. The van der Waals surface area contributed by atoms with Crippen LogP contribution in [0.3, 0.4) is 0 Å². The van der Waals surface area contributed by atoms with Gasteiger partial charge in [0.15, 0.2) is 28.3 Å². The summed E-state index contributed by atoms with van der Waals surface area (Å²) in [6.45, 7) is 0.264. The second kappa shape index (κ2) is 10.0. The van der Waals surface area contributed by atoms with Crippen molar-refractivity contribution in [2.45, 2.75) is 11.8 Å². The Morgan fingerprint density at radius 2 is 1.63 bits per heavy atom. The smallest absolute Gasteiger partial charge is 0.191 e. The number of hydrogen-bond donors (Lipinski definition) is 0. The Balaban J connectivity index is 1.58. The SMILES string of the molecule is COc1ccc(OCc2nnc(SCC(=O)c3ccc(OC)c(OC)c3)n2C)cc1. The number of hydrogen-bond acceptors (Lipinski definition) is 8. The molecule has 0 bridgehead atoms. The lowest BCUT2D eigenvalue weighted by Crippen LogP contribution is -2.06. The zero-order chi connectivity index (χ0) is 21.5. The maximum Gasteiger partial charge on any atom is 0.191 e. The highest BCUT2D eigenvalue weighted by atomic mass is 32.2. The van der Waals surface area contributed by atoms with E-state index in [0.717, 1.165) is 5.75 Å². The Morgan fingerprint density at radius 3 is 2.30 bits per heavy atom. The summed E-state index contributed by atoms with van der Waals surface area (Å²) in [5.41, 5.74) is 0.547. The number of Topliss-reactive ketones (excluding diaryl/α,β-unsaturated/α-hetero) is 1. The highest BCUT2D eigenvalue weighted by Gasteiger charge is 2.15. The summed E-state index contributed by atoms with van der Waals surface area (Å²) in [5.74, 6) is 3.41. The number of carbonyl (C=O) groups excluding carboxylic acids is 1. The number of nitrogens with zero attached hydrogens (tertiary/aromatic N) is 3. The molecule has 0 spiro atoms. The number of carbonyl (C=O) groups is 1. The molecule has 3 rings (SSSR count). The van der Waals surface area contributed by atoms with E-state index >= 15 is 0 Å². The van der Waals surface area contributed by atoms with Gasteiger partial charge in [0.2, 0.25) is 0 Å². The first-order valence-corrected chi connectivity index (χ1v) is 10.1. The van der Waals surface area contributed by atoms with Crippen LogP contribution in [0.5, 0.6) is 23.0 Å². The van der Waals surface area contributed by atoms with Crippen molar-refractivity contribution in [2.75, 3.05) is 27.1 Å². The molecule has 158 valence electrons. The van der Waals surface area contributed by atoms with Crippen LogP contribution in [0.4, 0.5) is 0 Å². The number of ketones is 1. The Kier molecular flexibility index (Phi) is 7.18. The van der Waals surface area contributed by atoms with Crippen LogP contribution in [0.25, 0.3) is 0 Å². The van der Waals surface area contributed by atoms with Crippen molar-refractivity contribution in [3.8, 4) is 23.0 Å². The molecule has 0 aliphatic rings. The lowest BCUT2D eigenvalue weighted by molar-refractivity contribution is 0.102. The number of methoxy groups -OCH3 is 3. The molecule has 0 radical (unpaired) electrons. The second-order valence-electron chi connectivity index (χ2n) is 6.20. The molecule has 1 heterocycles. The van der Waals surface area contributed by atoms with Crippen LogP contribution < -0.4 is 18.9 Å². The molecule has 0 aliphatic carbocycles. The van der Waals surface area contributed by atoms with E-state index in [1.54, 1.807) is 32.4 Å². The van der Waals surface area contributed by atoms with Gasteiger partial charge >= 0.3 is 0 Å². The van der Waals surface area contributed by atoms with E-state index in [9.17, 15) is 4.79 Å². The van der Waals surface area contributed by atoms with E-state index in [1.165, 1.54) is 18.9 Å². The van der Waals surface area contributed by atoms with Gasteiger partial charge in [-0.05, 0) is 42.5 Å². The molecule has 0 saturated heterocycles. The van der Waals surface area contributed by atoms with Crippen LogP contribution in [0, 0.1) is 0 Å². The van der Waals surface area contributed by atoms with Gasteiger partial charge in [0.25, 0.3) is 0 Å². The number of aromatic nitrogens is 3. The van der Waals surface area contributed by atoms with Gasteiger partial charge in [0.05, 0.1) is 27.1 Å². The number of benzene rings is 2. The van der Waals surface area contributed by atoms with Gasteiger partial charge in [-0.1, -0.05) is 11.8 Å². The number of thioether (sulfide) groups is 1. The minimum absolute atomic E-state index is 0.0417. The molecule has 1 aromatic heterocycles. The predicted octanol–water partition coefficient (Wildman–Crippen LogP) is 3.39. The normalized spacial score (nSPS) is 10.5. The molecule has 3 aromatic rings. The van der Waals surface area contributed by atoms with E-state index in [4.69, 9.17) is 18.9 Å². The average molecular weight is 429 g/mol. The molecule has 0 N–H and O–H groups in total. The Bertz CT molecular complexity index is 1000. The molecule has 0 atom stereocenters. The van der Waals surface area contributed by atoms with Gasteiger partial charge in [-0.3, -0.25) is 4.79 Å². The second-order valence-corrected chi connectivity index (χ2v) is 7.15. The van der Waals surface area contributed by atoms with Crippen LogP contribution in [0.15, 0.2) is 47.6 Å². The zero-order valence-corrected chi connectivity index (χ0v) is 18.1. The molecule has 0 saturated carbocycles. The van der Waals surface area contributed by atoms with Crippen molar-refractivity contribution in [1.29, 1.82) is 0 Å². The van der Waals surface area contributed by atoms with Gasteiger partial charge in [-0.15, -0.1) is 10.2 Å². The molecule has 0 unspecified atom stereocenters. The first-order chi connectivity index (χ1) is 14.5. The van der Waals surface area contributed by atoms with Crippen molar-refractivity contribution in [3.05, 3.63) is 53.9 Å². The van der Waals surface area contributed by atoms with Crippen molar-refractivity contribution in [1.82, 2.24) is 14.8 Å². The fourth-order valence-corrected chi connectivity index (χ4v) is 3.46. The van der Waals surface area contributed by atoms with Crippen molar-refractivity contribution < 1.29 is 23.7 Å². The molecule has 0 aliphatic heterocycles. The van der Waals surface area contributed by atoms with Crippen LogP contribution in [0.1, 0.15) is 16.2 Å². The third-order valence-corrected chi connectivity index (χ3v) is 5.41. The van der Waals surface area contributed by atoms with Crippen LogP contribution in [-0.4, -0.2) is 47.6 Å². The lowest BCUT2D eigenvalue weighted by atomic mass is 10.1. The lowest BCUT2D eigenvalue weighted by Gasteiger charge is -2.09. The maximum absolute atomic E-state index is 12.6. The van der Waals surface area contributed by atoms with Gasteiger partial charge in [-0.2, -0.15) is 0 Å². The summed E-state index contributed by atoms with van der Waals surface area (Å²) in [6, 6.07) is 12.4. The van der Waals surface area contributed by atoms with Gasteiger partial charge < -0.3 is 23.5 Å². The molecule has 30 heavy (non-hydrogen) atoms. The maximum atomic E-state index is 12.6. The first kappa shape index (κ1) is 21.5. The Hall–Kier alpha value is -3.20. The Labute approximate surface area is 179 Å². The fourth-order valence-electron chi connectivity index (χ4n) is 2.64. The molecule has 8 nitrogen and oxygen atoms in total. The highest BCUT2D eigenvalue weighted by Crippen LogP contribution is 2.28. The third-order valence-electron chi connectivity index (χ3n) is 4.39. The highest BCUT2D eigenvalue weighted by molar-refractivity contribution is 7.99. The van der Waals surface area contributed by atoms with Crippen LogP contribution in [-0.2, 0) is 13.7 Å². The van der Waals surface area contributed by atoms with Gasteiger partial charge in [-0.25, -0.2) is 0 Å². The number of rotatable bonds is 10. The largest absolute Gasteiger partial charge is 0.497 e. The molecular formula is C21H23N3O5S. The van der Waals surface area contributed by atoms with Crippen LogP contribution >= 0.6 is 11.8 Å². The summed E-state index contributed by atoms with van der Waals surface area (Å²) in [5, 5.41) is 8.96. The van der Waals surface area contributed by atoms with Crippen molar-refractivity contribution in [2.24, 2.45) is 7.05 Å². The minimum atomic E-state index is -0.0417. The average Bonchev–Trinajstić information content (AvgIpc) is 3.15. The van der Waals surface area contributed by atoms with E-state index in [2.05, 4.69) is 10.2 Å². The standard InChI is InChI=1S/C21H23N3O5S/c1-24-20(12-29-16-8-6-15(26-2)7-9-16)22-23-21(24)30-13-17(25)14-5-10-18(27-3)19(11-14)28-4/h5-11H,12-13H2,1-4H3. The summed E-state index contributed by atoms with van der Waals surface area (Å²) in [4.78, 5) is 12.6. The summed E-state index contributed by atoms with van der Waals surface area (Å²) in [7, 11) is 6.55. The Morgan fingerprint density at radius 1 is 0.933 bits per heavy atom. The van der Waals surface area contributed by atoms with Gasteiger partial charge in [0, 0.05) is 12.6 Å². The minimum Gasteiger partial charge on any atom is -0.497 e. The molecule has 9 heteroatoms. The van der Waals surface area contributed by atoms with E-state index < -0.39 is 0 Å². The van der Waals surface area contributed by atoms with Crippen LogP contribution in [0.2, 0.25) is 0 Å². The summed E-state index contributed by atoms with van der Waals surface area (Å²) in [6.07, 6.45) is 0. The molecule has 2 aromatic carbocycles. The molecule has 0 amide bonds. The van der Waals surface area contributed by atoms with Gasteiger partial charge in [0.1, 0.15) is 18.1 Å². The molecular weight excluding hydrogens is 406 g/mol. The van der Waals surface area contributed by atoms with Crippen molar-refractivity contribution >= 4 is 17.5 Å². The van der Waals surface area contributed by atoms with Crippen molar-refractivity contribution in [3.63, 3.8) is 0 Å². The molecule has 0 fully saturated rings.